The second-order valence-corrected chi connectivity index (χ2v) is 6.42. The molecule has 0 saturated heterocycles. The molecule has 0 aliphatic heterocycles. The highest BCUT2D eigenvalue weighted by atomic mass is 19.1. The van der Waals surface area contributed by atoms with Crippen molar-refractivity contribution in [2.75, 3.05) is 12.4 Å². The number of methoxy groups -OCH3 is 1. The highest BCUT2D eigenvalue weighted by molar-refractivity contribution is 5.94. The van der Waals surface area contributed by atoms with Crippen molar-refractivity contribution in [2.45, 2.75) is 6.92 Å². The molecule has 1 heterocycles. The van der Waals surface area contributed by atoms with Crippen LogP contribution >= 0.6 is 0 Å². The smallest absolute Gasteiger partial charge is 0.338 e. The van der Waals surface area contributed by atoms with E-state index in [0.29, 0.717) is 11.5 Å². The van der Waals surface area contributed by atoms with Gasteiger partial charge in [0, 0.05) is 5.56 Å². The SMILES string of the molecule is COC(=O)c1cc(F)c2nc(Nc3c(C)cccc3-c3ccccc3)[nH]c2c1. The van der Waals surface area contributed by atoms with E-state index in [1.54, 1.807) is 0 Å². The van der Waals surface area contributed by atoms with E-state index in [1.165, 1.54) is 13.2 Å². The van der Waals surface area contributed by atoms with Gasteiger partial charge in [-0.2, -0.15) is 0 Å². The number of nitrogens with one attached hydrogen (secondary N) is 2. The zero-order valence-corrected chi connectivity index (χ0v) is 15.4. The van der Waals surface area contributed by atoms with E-state index in [-0.39, 0.29) is 11.1 Å². The maximum atomic E-state index is 14.4. The van der Waals surface area contributed by atoms with E-state index >= 15 is 0 Å². The molecule has 3 aromatic carbocycles. The van der Waals surface area contributed by atoms with Crippen LogP contribution < -0.4 is 5.32 Å². The third-order valence-electron chi connectivity index (χ3n) is 4.56. The molecule has 4 aromatic rings. The van der Waals surface area contributed by atoms with Crippen LogP contribution in [0.2, 0.25) is 0 Å². The van der Waals surface area contributed by atoms with Crippen LogP contribution in [0.5, 0.6) is 0 Å². The van der Waals surface area contributed by atoms with Gasteiger partial charge >= 0.3 is 5.97 Å². The van der Waals surface area contributed by atoms with E-state index in [4.69, 9.17) is 0 Å². The lowest BCUT2D eigenvalue weighted by Crippen LogP contribution is -2.01. The molecule has 0 atom stereocenters. The van der Waals surface area contributed by atoms with Gasteiger partial charge in [0.2, 0.25) is 5.95 Å². The van der Waals surface area contributed by atoms with Crippen LogP contribution in [0.1, 0.15) is 15.9 Å². The standard InChI is InChI=1S/C22H18FN3O2/c1-13-7-6-10-16(14-8-4-3-5-9-14)19(13)25-22-24-18-12-15(21(27)28-2)11-17(23)20(18)26-22/h3-12H,1-2H3,(H2,24,25,26). The van der Waals surface area contributed by atoms with E-state index in [0.717, 1.165) is 28.4 Å². The van der Waals surface area contributed by atoms with Crippen LogP contribution in [0.15, 0.2) is 60.7 Å². The minimum Gasteiger partial charge on any atom is -0.465 e. The highest BCUT2D eigenvalue weighted by Crippen LogP contribution is 2.33. The molecule has 4 rings (SSSR count). The first-order valence-electron chi connectivity index (χ1n) is 8.76. The Bertz CT molecular complexity index is 1170. The molecule has 0 fully saturated rings. The predicted molar refractivity (Wildman–Crippen MR) is 107 cm³/mol. The Morgan fingerprint density at radius 3 is 2.64 bits per heavy atom. The van der Waals surface area contributed by atoms with Crippen LogP contribution in [-0.2, 0) is 4.74 Å². The van der Waals surface area contributed by atoms with Crippen molar-refractivity contribution < 1.29 is 13.9 Å². The number of benzene rings is 3. The third-order valence-corrected chi connectivity index (χ3v) is 4.56. The zero-order valence-electron chi connectivity index (χ0n) is 15.4. The molecule has 0 bridgehead atoms. The summed E-state index contributed by atoms with van der Waals surface area (Å²) in [6.07, 6.45) is 0. The summed E-state index contributed by atoms with van der Waals surface area (Å²) >= 11 is 0. The Kier molecular flexibility index (Phi) is 4.53. The first kappa shape index (κ1) is 17.7. The Labute approximate surface area is 161 Å². The number of ether oxygens (including phenoxy) is 1. The summed E-state index contributed by atoms with van der Waals surface area (Å²) in [5.74, 6) is -0.798. The lowest BCUT2D eigenvalue weighted by Gasteiger charge is -2.13. The van der Waals surface area contributed by atoms with Gasteiger partial charge in [0.1, 0.15) is 5.52 Å². The molecule has 0 aliphatic rings. The van der Waals surface area contributed by atoms with Gasteiger partial charge in [-0.15, -0.1) is 0 Å². The number of aromatic amines is 1. The molecule has 0 spiro atoms. The number of esters is 1. The monoisotopic (exact) mass is 375 g/mol. The number of carbonyl (C=O) groups is 1. The summed E-state index contributed by atoms with van der Waals surface area (Å²) in [5.41, 5.74) is 4.67. The molecule has 0 aliphatic carbocycles. The second kappa shape index (κ2) is 7.15. The summed E-state index contributed by atoms with van der Waals surface area (Å²) in [6, 6.07) is 18.6. The van der Waals surface area contributed by atoms with Gasteiger partial charge in [0.15, 0.2) is 5.82 Å². The van der Waals surface area contributed by atoms with E-state index < -0.39 is 11.8 Å². The predicted octanol–water partition coefficient (Wildman–Crippen LogP) is 5.21. The number of anilines is 2. The molecule has 1 aromatic heterocycles. The first-order valence-corrected chi connectivity index (χ1v) is 8.76. The number of hydrogen-bond acceptors (Lipinski definition) is 4. The molecule has 0 unspecified atom stereocenters. The molecule has 2 N–H and O–H groups in total. The molecule has 6 heteroatoms. The van der Waals surface area contributed by atoms with E-state index in [1.807, 2.05) is 55.5 Å². The number of aromatic nitrogens is 2. The Morgan fingerprint density at radius 1 is 1.11 bits per heavy atom. The normalized spacial score (nSPS) is 10.8. The lowest BCUT2D eigenvalue weighted by atomic mass is 10.0. The largest absolute Gasteiger partial charge is 0.465 e. The average Bonchev–Trinajstić information content (AvgIpc) is 3.13. The number of nitrogens with zero attached hydrogens (tertiary/aromatic N) is 1. The maximum absolute atomic E-state index is 14.4. The van der Waals surface area contributed by atoms with Crippen LogP contribution in [0.3, 0.4) is 0 Å². The maximum Gasteiger partial charge on any atom is 0.338 e. The number of para-hydroxylation sites is 1. The summed E-state index contributed by atoms with van der Waals surface area (Å²) < 4.78 is 19.1. The molecule has 140 valence electrons. The highest BCUT2D eigenvalue weighted by Gasteiger charge is 2.15. The van der Waals surface area contributed by atoms with Crippen molar-refractivity contribution in [3.63, 3.8) is 0 Å². The molecule has 0 amide bonds. The van der Waals surface area contributed by atoms with Gasteiger partial charge < -0.3 is 15.0 Å². The van der Waals surface area contributed by atoms with Crippen molar-refractivity contribution in [3.05, 3.63) is 77.6 Å². The summed E-state index contributed by atoms with van der Waals surface area (Å²) in [6.45, 7) is 1.99. The van der Waals surface area contributed by atoms with Gasteiger partial charge in [-0.3, -0.25) is 0 Å². The summed E-state index contributed by atoms with van der Waals surface area (Å²) in [7, 11) is 1.26. The number of fused-ring (bicyclic) bond motifs is 1. The van der Waals surface area contributed by atoms with Crippen LogP contribution in [0.25, 0.3) is 22.2 Å². The minimum absolute atomic E-state index is 0.128. The molecule has 0 radical (unpaired) electrons. The average molecular weight is 375 g/mol. The van der Waals surface area contributed by atoms with Gasteiger partial charge in [-0.1, -0.05) is 48.5 Å². The Hall–Kier alpha value is -3.67. The minimum atomic E-state index is -0.602. The lowest BCUT2D eigenvalue weighted by molar-refractivity contribution is 0.0600. The number of imidazole rings is 1. The van der Waals surface area contributed by atoms with Crippen LogP contribution in [0, 0.1) is 12.7 Å². The van der Waals surface area contributed by atoms with Gasteiger partial charge in [0.25, 0.3) is 0 Å². The van der Waals surface area contributed by atoms with Gasteiger partial charge in [-0.05, 0) is 30.2 Å². The topological polar surface area (TPSA) is 67.0 Å². The zero-order chi connectivity index (χ0) is 19.7. The van der Waals surface area contributed by atoms with Crippen molar-refractivity contribution >= 4 is 28.6 Å². The van der Waals surface area contributed by atoms with Crippen molar-refractivity contribution in [2.24, 2.45) is 0 Å². The number of aryl methyl sites for hydroxylation is 1. The third kappa shape index (κ3) is 3.20. The molecular weight excluding hydrogens is 357 g/mol. The van der Waals surface area contributed by atoms with Crippen molar-refractivity contribution in [3.8, 4) is 11.1 Å². The fourth-order valence-electron chi connectivity index (χ4n) is 3.18. The Balaban J connectivity index is 1.77. The van der Waals surface area contributed by atoms with Crippen LogP contribution in [0.4, 0.5) is 16.0 Å². The fraction of sp³-hybridized carbons (Fsp3) is 0.0909. The van der Waals surface area contributed by atoms with Crippen molar-refractivity contribution in [1.29, 1.82) is 0 Å². The molecular formula is C22H18FN3O2. The van der Waals surface area contributed by atoms with E-state index in [9.17, 15) is 9.18 Å². The van der Waals surface area contributed by atoms with Gasteiger partial charge in [-0.25, -0.2) is 14.2 Å². The number of halogens is 1. The quantitative estimate of drug-likeness (QED) is 0.481. The molecule has 5 nitrogen and oxygen atoms in total. The summed E-state index contributed by atoms with van der Waals surface area (Å²) in [5, 5.41) is 3.27. The number of rotatable bonds is 4. The van der Waals surface area contributed by atoms with Gasteiger partial charge in [0.05, 0.1) is 23.9 Å². The van der Waals surface area contributed by atoms with Crippen molar-refractivity contribution in [1.82, 2.24) is 9.97 Å². The molecule has 28 heavy (non-hydrogen) atoms. The van der Waals surface area contributed by atoms with Crippen LogP contribution in [-0.4, -0.2) is 23.0 Å². The number of carbonyl (C=O) groups excluding carboxylic acids is 1. The molecule has 0 saturated carbocycles. The second-order valence-electron chi connectivity index (χ2n) is 6.42. The van der Waals surface area contributed by atoms with E-state index in [2.05, 4.69) is 20.0 Å². The first-order chi connectivity index (χ1) is 13.6. The number of hydrogen-bond donors (Lipinski definition) is 2. The fourth-order valence-corrected chi connectivity index (χ4v) is 3.18. The summed E-state index contributed by atoms with van der Waals surface area (Å²) in [4.78, 5) is 19.1. The number of H-pyrrole nitrogens is 1. The Morgan fingerprint density at radius 2 is 1.89 bits per heavy atom.